The summed E-state index contributed by atoms with van der Waals surface area (Å²) in [6.45, 7) is 1.74. The summed E-state index contributed by atoms with van der Waals surface area (Å²) in [4.78, 5) is 0.117. The molecule has 5 nitrogen and oxygen atoms in total. The van der Waals surface area contributed by atoms with E-state index in [9.17, 15) is 8.42 Å². The van der Waals surface area contributed by atoms with Crippen molar-refractivity contribution in [3.63, 3.8) is 0 Å². The Morgan fingerprint density at radius 3 is 2.42 bits per heavy atom. The predicted molar refractivity (Wildman–Crippen MR) is 97.7 cm³/mol. The zero-order valence-electron chi connectivity index (χ0n) is 14.3. The van der Waals surface area contributed by atoms with Gasteiger partial charge in [-0.1, -0.05) is 54.1 Å². The monoisotopic (exact) mass is 372 g/mol. The molecule has 0 bridgehead atoms. The van der Waals surface area contributed by atoms with Gasteiger partial charge in [0.25, 0.3) is 10.1 Å². The maximum atomic E-state index is 12.4. The van der Waals surface area contributed by atoms with Gasteiger partial charge in [0.1, 0.15) is 6.10 Å². The summed E-state index contributed by atoms with van der Waals surface area (Å²) in [5.74, 6) is 0. The highest BCUT2D eigenvalue weighted by Gasteiger charge is 2.23. The van der Waals surface area contributed by atoms with Crippen LogP contribution in [0.3, 0.4) is 0 Å². The van der Waals surface area contributed by atoms with Crippen molar-refractivity contribution in [2.24, 2.45) is 0 Å². The molecule has 1 unspecified atom stereocenters. The lowest BCUT2D eigenvalue weighted by Gasteiger charge is -2.23. The largest absolute Gasteiger partial charge is 0.469 e. The Morgan fingerprint density at radius 2 is 1.77 bits per heavy atom. The quantitative estimate of drug-likeness (QED) is 0.690. The van der Waals surface area contributed by atoms with Crippen LogP contribution >= 0.6 is 0 Å². The normalized spacial score (nSPS) is 17.7. The molecule has 1 aliphatic rings. The summed E-state index contributed by atoms with van der Waals surface area (Å²) in [5, 5.41) is 0. The van der Waals surface area contributed by atoms with Gasteiger partial charge in [-0.15, -0.1) is 0 Å². The number of hydrogen-bond acceptors (Lipinski definition) is 5. The van der Waals surface area contributed by atoms with Gasteiger partial charge in [0.15, 0.2) is 0 Å². The molecule has 2 aromatic carbocycles. The van der Waals surface area contributed by atoms with E-state index in [1.165, 1.54) is 18.4 Å². The fourth-order valence-corrected chi connectivity index (χ4v) is 3.32. The average Bonchev–Trinajstić information content (AvgIpc) is 2.67. The van der Waals surface area contributed by atoms with E-state index >= 15 is 0 Å². The second-order valence-corrected chi connectivity index (χ2v) is 7.42. The van der Waals surface area contributed by atoms with Crippen LogP contribution < -0.4 is 0 Å². The molecule has 1 aliphatic heterocycles. The summed E-state index contributed by atoms with van der Waals surface area (Å²) in [5.41, 5.74) is 1.78. The van der Waals surface area contributed by atoms with Gasteiger partial charge < -0.3 is 9.47 Å². The molecule has 0 aliphatic carbocycles. The molecular weight excluding hydrogens is 352 g/mol. The number of rotatable bonds is 7. The Hall–Kier alpha value is -2.41. The maximum Gasteiger partial charge on any atom is 0.297 e. The number of ether oxygens (including phenoxy) is 2. The predicted octanol–water partition coefficient (Wildman–Crippen LogP) is 3.88. The van der Waals surface area contributed by atoms with Crippen LogP contribution in [0.25, 0.3) is 0 Å². The van der Waals surface area contributed by atoms with Crippen LogP contribution in [0.5, 0.6) is 0 Å². The highest BCUT2D eigenvalue weighted by atomic mass is 32.2. The van der Waals surface area contributed by atoms with Crippen LogP contribution in [0.1, 0.15) is 17.2 Å². The lowest BCUT2D eigenvalue weighted by atomic mass is 10.1. The van der Waals surface area contributed by atoms with Gasteiger partial charge in [0.2, 0.25) is 6.29 Å². The summed E-state index contributed by atoms with van der Waals surface area (Å²) in [7, 11) is -3.87. The summed E-state index contributed by atoms with van der Waals surface area (Å²) in [6, 6.07) is 15.8. The molecule has 136 valence electrons. The molecule has 2 atom stereocenters. The van der Waals surface area contributed by atoms with E-state index in [0.717, 1.165) is 11.1 Å². The van der Waals surface area contributed by atoms with Crippen molar-refractivity contribution in [3.8, 4) is 0 Å². The molecule has 0 saturated carbocycles. The molecule has 0 spiro atoms. The van der Waals surface area contributed by atoms with Gasteiger partial charge in [0, 0.05) is 0 Å². The van der Waals surface area contributed by atoms with Gasteiger partial charge in [0.05, 0.1) is 17.8 Å². The molecule has 0 amide bonds. The van der Waals surface area contributed by atoms with Crippen molar-refractivity contribution < 1.29 is 22.1 Å². The molecule has 0 radical (unpaired) electrons. The first kappa shape index (κ1) is 18.4. The van der Waals surface area contributed by atoms with E-state index in [1.54, 1.807) is 30.4 Å². The number of allylic oxidation sites excluding steroid dienone is 2. The minimum atomic E-state index is -3.87. The molecule has 0 fully saturated rings. The summed E-state index contributed by atoms with van der Waals surface area (Å²) >= 11 is 0. The van der Waals surface area contributed by atoms with Gasteiger partial charge in [-0.3, -0.25) is 4.18 Å². The highest BCUT2D eigenvalue weighted by molar-refractivity contribution is 7.86. The van der Waals surface area contributed by atoms with Gasteiger partial charge in [-0.25, -0.2) is 0 Å². The van der Waals surface area contributed by atoms with Crippen molar-refractivity contribution in [2.75, 3.05) is 6.61 Å². The zero-order valence-corrected chi connectivity index (χ0v) is 15.1. The molecular formula is C20H20O5S. The van der Waals surface area contributed by atoms with Gasteiger partial charge in [-0.2, -0.15) is 8.42 Å². The minimum Gasteiger partial charge on any atom is -0.469 e. The first-order chi connectivity index (χ1) is 12.5. The number of aryl methyl sites for hydroxylation is 1. The zero-order chi connectivity index (χ0) is 18.4. The molecule has 26 heavy (non-hydrogen) atoms. The maximum absolute atomic E-state index is 12.4. The lowest BCUT2D eigenvalue weighted by Crippen LogP contribution is -2.22. The van der Waals surface area contributed by atoms with Crippen molar-refractivity contribution in [1.29, 1.82) is 0 Å². The van der Waals surface area contributed by atoms with Gasteiger partial charge in [-0.05, 0) is 36.8 Å². The summed E-state index contributed by atoms with van der Waals surface area (Å²) in [6.07, 6.45) is 5.62. The van der Waals surface area contributed by atoms with Crippen LogP contribution in [0.2, 0.25) is 0 Å². The third kappa shape index (κ3) is 4.82. The third-order valence-corrected chi connectivity index (χ3v) is 5.12. The molecule has 0 N–H and O–H groups in total. The molecule has 0 saturated heterocycles. The second kappa shape index (κ2) is 8.31. The van der Waals surface area contributed by atoms with E-state index in [2.05, 4.69) is 0 Å². The number of benzene rings is 2. The molecule has 0 aromatic heterocycles. The fourth-order valence-electron chi connectivity index (χ4n) is 2.41. The number of hydrogen-bond donors (Lipinski definition) is 0. The van der Waals surface area contributed by atoms with Crippen LogP contribution in [-0.4, -0.2) is 21.3 Å². The van der Waals surface area contributed by atoms with Crippen molar-refractivity contribution >= 4 is 10.1 Å². The first-order valence-electron chi connectivity index (χ1n) is 8.20. The van der Waals surface area contributed by atoms with E-state index in [1.807, 2.05) is 37.3 Å². The summed E-state index contributed by atoms with van der Waals surface area (Å²) < 4.78 is 41.4. The fraction of sp³-hybridized carbons (Fsp3) is 0.200. The van der Waals surface area contributed by atoms with Crippen LogP contribution in [0.15, 0.2) is 84.0 Å². The lowest BCUT2D eigenvalue weighted by molar-refractivity contribution is -0.124. The van der Waals surface area contributed by atoms with Crippen molar-refractivity contribution in [3.05, 3.63) is 90.2 Å². The average molecular weight is 372 g/mol. The molecule has 2 aromatic rings. The van der Waals surface area contributed by atoms with E-state index < -0.39 is 22.5 Å². The van der Waals surface area contributed by atoms with Crippen molar-refractivity contribution in [2.45, 2.75) is 24.2 Å². The van der Waals surface area contributed by atoms with Crippen LogP contribution in [0.4, 0.5) is 0 Å². The van der Waals surface area contributed by atoms with E-state index in [4.69, 9.17) is 13.7 Å². The Balaban J connectivity index is 1.74. The topological polar surface area (TPSA) is 61.8 Å². The van der Waals surface area contributed by atoms with Crippen LogP contribution in [0, 0.1) is 6.92 Å². The third-order valence-electron chi connectivity index (χ3n) is 3.82. The second-order valence-electron chi connectivity index (χ2n) is 5.81. The molecule has 1 heterocycles. The molecule has 6 heteroatoms. The Morgan fingerprint density at radius 1 is 1.04 bits per heavy atom. The Bertz CT molecular complexity index is 870. The van der Waals surface area contributed by atoms with E-state index in [0.29, 0.717) is 0 Å². The smallest absolute Gasteiger partial charge is 0.297 e. The van der Waals surface area contributed by atoms with Crippen molar-refractivity contribution in [1.82, 2.24) is 0 Å². The standard InChI is InChI=1S/C20H20O5S/c1-16-10-12-18(13-11-16)26(21,22)24-15-19(17-7-3-2-4-8-17)25-20-9-5-6-14-23-20/h2-14,19-20H,15H2,1H3/t19?,20-/m1/s1. The SMILES string of the molecule is Cc1ccc(S(=O)(=O)OCC(O[C@@H]2C=CC=CO2)c2ccccc2)cc1. The Kier molecular flexibility index (Phi) is 5.88. The first-order valence-corrected chi connectivity index (χ1v) is 9.61. The highest BCUT2D eigenvalue weighted by Crippen LogP contribution is 2.24. The van der Waals surface area contributed by atoms with Gasteiger partial charge >= 0.3 is 0 Å². The van der Waals surface area contributed by atoms with E-state index in [-0.39, 0.29) is 11.5 Å². The Labute approximate surface area is 153 Å². The molecule has 3 rings (SSSR count). The van der Waals surface area contributed by atoms with Crippen LogP contribution in [-0.2, 0) is 23.8 Å². The minimum absolute atomic E-state index is 0.117.